The van der Waals surface area contributed by atoms with E-state index in [1.807, 2.05) is 21.1 Å². The maximum absolute atomic E-state index is 12.8. The molecule has 0 bridgehead atoms. The van der Waals surface area contributed by atoms with Crippen LogP contribution in [0.25, 0.3) is 0 Å². The largest absolute Gasteiger partial charge is 0.756 e. The standard InChI is InChI=1S/C41H85N2O6P/c1-6-8-10-12-14-16-18-20-21-22-23-24-26-28-30-32-34-40(44)39(38-49-50(46,47)48-37-36-43(3,4)5)42-41(45)35-33-31-29-27-25-19-17-15-13-11-9-7-2/h39-40,44H,6-38H2,1-5H3,(H-,42,45,46,47)/t39-,40+/m0/s1. The molecule has 0 rings (SSSR count). The number of nitrogens with zero attached hydrogens (tertiary/aromatic N) is 1. The molecule has 0 saturated carbocycles. The van der Waals surface area contributed by atoms with Gasteiger partial charge in [-0.05, 0) is 12.8 Å². The lowest BCUT2D eigenvalue weighted by Crippen LogP contribution is -2.46. The average molecular weight is 733 g/mol. The lowest BCUT2D eigenvalue weighted by atomic mass is 10.0. The molecule has 0 spiro atoms. The number of quaternary nitrogens is 1. The minimum absolute atomic E-state index is 0.0159. The smallest absolute Gasteiger partial charge is 0.268 e. The monoisotopic (exact) mass is 733 g/mol. The summed E-state index contributed by atoms with van der Waals surface area (Å²) in [5, 5.41) is 13.9. The van der Waals surface area contributed by atoms with Crippen molar-refractivity contribution in [1.29, 1.82) is 0 Å². The Kier molecular flexibility index (Phi) is 33.9. The molecule has 0 aromatic carbocycles. The summed E-state index contributed by atoms with van der Waals surface area (Å²) in [6, 6.07) is -0.791. The highest BCUT2D eigenvalue weighted by molar-refractivity contribution is 7.45. The Morgan fingerprint density at radius 1 is 0.620 bits per heavy atom. The van der Waals surface area contributed by atoms with Gasteiger partial charge >= 0.3 is 0 Å². The highest BCUT2D eigenvalue weighted by atomic mass is 31.2. The molecule has 0 aliphatic rings. The van der Waals surface area contributed by atoms with Gasteiger partial charge in [0.2, 0.25) is 5.91 Å². The Labute approximate surface area is 310 Å². The molecule has 0 saturated heterocycles. The number of unbranched alkanes of at least 4 members (excludes halogenated alkanes) is 26. The van der Waals surface area contributed by atoms with Crippen LogP contribution < -0.4 is 10.2 Å². The lowest BCUT2D eigenvalue weighted by Gasteiger charge is -2.30. The fraction of sp³-hybridized carbons (Fsp3) is 0.976. The fourth-order valence-corrected chi connectivity index (χ4v) is 7.12. The van der Waals surface area contributed by atoms with Gasteiger partial charge in [0.1, 0.15) is 13.2 Å². The van der Waals surface area contributed by atoms with E-state index in [1.54, 1.807) is 0 Å². The number of aliphatic hydroxyl groups is 1. The number of rotatable bonds is 39. The van der Waals surface area contributed by atoms with E-state index in [0.29, 0.717) is 23.9 Å². The van der Waals surface area contributed by atoms with E-state index in [1.165, 1.54) is 141 Å². The zero-order valence-electron chi connectivity index (χ0n) is 33.9. The molecule has 0 aliphatic carbocycles. The Morgan fingerprint density at radius 3 is 1.36 bits per heavy atom. The first-order valence-electron chi connectivity index (χ1n) is 21.4. The van der Waals surface area contributed by atoms with Crippen molar-refractivity contribution in [3.05, 3.63) is 0 Å². The van der Waals surface area contributed by atoms with Crippen LogP contribution in [0.15, 0.2) is 0 Å². The van der Waals surface area contributed by atoms with Crippen LogP contribution in [0.4, 0.5) is 0 Å². The quantitative estimate of drug-likeness (QED) is 0.0370. The third-order valence-electron chi connectivity index (χ3n) is 9.85. The van der Waals surface area contributed by atoms with Crippen molar-refractivity contribution in [3.63, 3.8) is 0 Å². The van der Waals surface area contributed by atoms with E-state index in [0.717, 1.165) is 38.5 Å². The second-order valence-electron chi connectivity index (χ2n) is 16.1. The first-order chi connectivity index (χ1) is 24.0. The summed E-state index contributed by atoms with van der Waals surface area (Å²) in [7, 11) is 1.31. The van der Waals surface area contributed by atoms with Crippen LogP contribution in [0.5, 0.6) is 0 Å². The summed E-state index contributed by atoms with van der Waals surface area (Å²) in [4.78, 5) is 25.2. The summed E-state index contributed by atoms with van der Waals surface area (Å²) in [5.74, 6) is -0.164. The highest BCUT2D eigenvalue weighted by Gasteiger charge is 2.24. The van der Waals surface area contributed by atoms with Crippen LogP contribution >= 0.6 is 7.82 Å². The third kappa shape index (κ3) is 35.9. The molecular weight excluding hydrogens is 647 g/mol. The molecule has 0 heterocycles. The van der Waals surface area contributed by atoms with Gasteiger partial charge < -0.3 is 28.8 Å². The number of likely N-dealkylation sites (N-methyl/N-ethyl adjacent to an activating group) is 1. The molecule has 50 heavy (non-hydrogen) atoms. The zero-order chi connectivity index (χ0) is 37.2. The fourth-order valence-electron chi connectivity index (χ4n) is 6.39. The molecular formula is C41H85N2O6P. The molecule has 0 fully saturated rings. The molecule has 9 heteroatoms. The molecule has 0 aliphatic heterocycles. The number of carbonyl (C=O) groups excluding carboxylic acids is 1. The second-order valence-corrected chi connectivity index (χ2v) is 17.5. The Bertz CT molecular complexity index is 794. The first kappa shape index (κ1) is 49.5. The van der Waals surface area contributed by atoms with Gasteiger partial charge in [-0.25, -0.2) is 0 Å². The molecule has 2 N–H and O–H groups in total. The Balaban J connectivity index is 4.36. The summed E-state index contributed by atoms with van der Waals surface area (Å²) >= 11 is 0. The van der Waals surface area contributed by atoms with Gasteiger partial charge in [0.15, 0.2) is 0 Å². The van der Waals surface area contributed by atoms with Crippen LogP contribution in [0.2, 0.25) is 0 Å². The maximum Gasteiger partial charge on any atom is 0.268 e. The maximum atomic E-state index is 12.8. The summed E-state index contributed by atoms with van der Waals surface area (Å²) in [6.45, 7) is 4.72. The number of carbonyl (C=O) groups is 1. The van der Waals surface area contributed by atoms with Crippen molar-refractivity contribution in [2.24, 2.45) is 0 Å². The number of nitrogens with one attached hydrogen (secondary N) is 1. The third-order valence-corrected chi connectivity index (χ3v) is 10.8. The van der Waals surface area contributed by atoms with Crippen LogP contribution in [0.3, 0.4) is 0 Å². The van der Waals surface area contributed by atoms with E-state index < -0.39 is 20.0 Å². The molecule has 1 amide bonds. The summed E-state index contributed by atoms with van der Waals surface area (Å²) in [6.07, 6.45) is 35.2. The van der Waals surface area contributed by atoms with Crippen molar-refractivity contribution in [1.82, 2.24) is 5.32 Å². The molecule has 3 atom stereocenters. The van der Waals surface area contributed by atoms with Crippen molar-refractivity contribution in [2.75, 3.05) is 40.9 Å². The predicted octanol–water partition coefficient (Wildman–Crippen LogP) is 10.8. The van der Waals surface area contributed by atoms with Gasteiger partial charge in [0.25, 0.3) is 7.82 Å². The van der Waals surface area contributed by atoms with Crippen LogP contribution in [0, 0.1) is 0 Å². The number of aliphatic hydroxyl groups excluding tert-OH is 1. The Morgan fingerprint density at radius 2 is 0.980 bits per heavy atom. The van der Waals surface area contributed by atoms with E-state index in [4.69, 9.17) is 9.05 Å². The number of hydrogen-bond acceptors (Lipinski definition) is 6. The number of hydrogen-bond donors (Lipinski definition) is 2. The van der Waals surface area contributed by atoms with Crippen LogP contribution in [0.1, 0.15) is 206 Å². The number of phosphoric ester groups is 1. The minimum atomic E-state index is -4.55. The molecule has 0 aromatic heterocycles. The SMILES string of the molecule is CCCCCCCCCCCCCCCCCC[C@@H](O)[C@H](COP(=O)([O-])OCC[N+](C)(C)C)NC(=O)CCCCCCCCCCCCCC. The highest BCUT2D eigenvalue weighted by Crippen LogP contribution is 2.38. The molecule has 300 valence electrons. The summed E-state index contributed by atoms with van der Waals surface area (Å²) < 4.78 is 23.2. The predicted molar refractivity (Wildman–Crippen MR) is 210 cm³/mol. The second kappa shape index (κ2) is 34.3. The van der Waals surface area contributed by atoms with Crippen molar-refractivity contribution in [2.45, 2.75) is 219 Å². The van der Waals surface area contributed by atoms with Crippen molar-refractivity contribution >= 4 is 13.7 Å². The van der Waals surface area contributed by atoms with Crippen molar-refractivity contribution < 1.29 is 32.9 Å². The Hall–Kier alpha value is -0.500. The lowest BCUT2D eigenvalue weighted by molar-refractivity contribution is -0.870. The van der Waals surface area contributed by atoms with E-state index >= 15 is 0 Å². The molecule has 0 radical (unpaired) electrons. The van der Waals surface area contributed by atoms with Gasteiger partial charge in [-0.3, -0.25) is 9.36 Å². The van der Waals surface area contributed by atoms with Gasteiger partial charge in [-0.15, -0.1) is 0 Å². The van der Waals surface area contributed by atoms with Crippen LogP contribution in [-0.2, 0) is 18.4 Å². The van der Waals surface area contributed by atoms with Gasteiger partial charge in [-0.1, -0.05) is 187 Å². The van der Waals surface area contributed by atoms with Gasteiger partial charge in [-0.2, -0.15) is 0 Å². The molecule has 1 unspecified atom stereocenters. The van der Waals surface area contributed by atoms with Gasteiger partial charge in [0, 0.05) is 6.42 Å². The minimum Gasteiger partial charge on any atom is -0.756 e. The number of amides is 1. The molecule has 8 nitrogen and oxygen atoms in total. The van der Waals surface area contributed by atoms with E-state index in [2.05, 4.69) is 19.2 Å². The van der Waals surface area contributed by atoms with E-state index in [9.17, 15) is 19.4 Å². The van der Waals surface area contributed by atoms with Gasteiger partial charge in [0.05, 0.1) is 39.9 Å². The summed E-state index contributed by atoms with van der Waals surface area (Å²) in [5.41, 5.74) is 0. The first-order valence-corrected chi connectivity index (χ1v) is 22.8. The van der Waals surface area contributed by atoms with Crippen molar-refractivity contribution in [3.8, 4) is 0 Å². The normalized spacial score (nSPS) is 14.5. The molecule has 0 aromatic rings. The number of phosphoric acid groups is 1. The average Bonchev–Trinajstić information content (AvgIpc) is 3.06. The van der Waals surface area contributed by atoms with E-state index in [-0.39, 0.29) is 19.1 Å². The zero-order valence-corrected chi connectivity index (χ0v) is 34.8. The topological polar surface area (TPSA) is 108 Å². The van der Waals surface area contributed by atoms with Crippen LogP contribution in [-0.4, -0.2) is 68.5 Å².